The zero-order chi connectivity index (χ0) is 41.5. The van der Waals surface area contributed by atoms with E-state index in [1.165, 1.54) is 17.2 Å². The third-order valence-corrected chi connectivity index (χ3v) is 12.1. The number of hydrogen-bond donors (Lipinski definition) is 3. The molecule has 0 aromatic heterocycles. The summed E-state index contributed by atoms with van der Waals surface area (Å²) in [6.07, 6.45) is 13.4. The molecule has 0 aromatic carbocycles. The minimum atomic E-state index is -0.750. The van der Waals surface area contributed by atoms with Gasteiger partial charge in [0, 0.05) is 58.9 Å². The minimum absolute atomic E-state index is 0.0312. The summed E-state index contributed by atoms with van der Waals surface area (Å²) < 4.78 is 5.32. The molecule has 3 N–H and O–H groups in total. The van der Waals surface area contributed by atoms with Crippen molar-refractivity contribution in [1.82, 2.24) is 5.32 Å². The maximum atomic E-state index is 13.2. The van der Waals surface area contributed by atoms with Crippen LogP contribution in [0.15, 0.2) is 141 Å². The van der Waals surface area contributed by atoms with E-state index in [4.69, 9.17) is 19.7 Å². The lowest BCUT2D eigenvalue weighted by Gasteiger charge is -2.18. The fraction of sp³-hybridized carbons (Fsp3) is 0.438. The molecule has 0 amide bonds. The van der Waals surface area contributed by atoms with Gasteiger partial charge in [-0.1, -0.05) is 35.8 Å². The molecule has 57 heavy (non-hydrogen) atoms. The van der Waals surface area contributed by atoms with Crippen LogP contribution in [0.4, 0.5) is 0 Å². The van der Waals surface area contributed by atoms with E-state index in [1.807, 2.05) is 53.7 Å². The number of hydrogen-bond acceptors (Lipinski definition) is 9. The van der Waals surface area contributed by atoms with Gasteiger partial charge >= 0.3 is 11.9 Å². The van der Waals surface area contributed by atoms with Gasteiger partial charge in [0.15, 0.2) is 0 Å². The van der Waals surface area contributed by atoms with Gasteiger partial charge < -0.3 is 20.3 Å². The van der Waals surface area contributed by atoms with Gasteiger partial charge in [-0.2, -0.15) is 0 Å². The summed E-state index contributed by atoms with van der Waals surface area (Å²) in [5.74, 6) is -1.21. The lowest BCUT2D eigenvalue weighted by atomic mass is 9.85. The van der Waals surface area contributed by atoms with Gasteiger partial charge in [-0.25, -0.2) is 19.8 Å². The molecule has 6 aliphatic rings. The SMILES string of the molecule is CC(C)=CCC/C(C)=C/CC/C(C)=C/C(=O)OC(=O)CC[C@@H]1C2=C3CC(O)=C4C3=NC(=C4C)C=C3N=C(C=C4N=C(C(C)=C4C(C)O)C(C)=C(N2)[C@H]1C)C(C)=C3C. The number of aliphatic hydroxyl groups is 2. The fourth-order valence-electron chi connectivity index (χ4n) is 8.68. The van der Waals surface area contributed by atoms with Crippen molar-refractivity contribution in [2.75, 3.05) is 0 Å². The topological polar surface area (TPSA) is 133 Å². The van der Waals surface area contributed by atoms with Crippen LogP contribution in [0.25, 0.3) is 0 Å². The van der Waals surface area contributed by atoms with Crippen molar-refractivity contribution in [3.05, 3.63) is 126 Å². The van der Waals surface area contributed by atoms with Gasteiger partial charge in [-0.15, -0.1) is 0 Å². The Labute approximate surface area is 338 Å². The van der Waals surface area contributed by atoms with Gasteiger partial charge in [-0.05, 0) is 141 Å². The summed E-state index contributed by atoms with van der Waals surface area (Å²) in [6, 6.07) is 0. The molecule has 0 saturated carbocycles. The van der Waals surface area contributed by atoms with E-state index in [1.54, 1.807) is 6.92 Å². The van der Waals surface area contributed by atoms with Crippen molar-refractivity contribution in [2.24, 2.45) is 26.8 Å². The molecule has 5 heterocycles. The number of carbonyl (C=O) groups excluding carboxylic acids is 2. The fourth-order valence-corrected chi connectivity index (χ4v) is 8.68. The van der Waals surface area contributed by atoms with Crippen LogP contribution in [0, 0.1) is 11.8 Å². The zero-order valence-corrected chi connectivity index (χ0v) is 35.5. The third kappa shape index (κ3) is 8.45. The lowest BCUT2D eigenvalue weighted by molar-refractivity contribution is -0.156. The summed E-state index contributed by atoms with van der Waals surface area (Å²) in [5, 5.41) is 26.2. The Morgan fingerprint density at radius 1 is 0.842 bits per heavy atom. The van der Waals surface area contributed by atoms with E-state index in [9.17, 15) is 19.8 Å². The summed E-state index contributed by atoms with van der Waals surface area (Å²) in [5.41, 5.74) is 17.0. The highest BCUT2D eigenvalue weighted by Crippen LogP contribution is 2.47. The molecular formula is C48H58N4O5. The summed E-state index contributed by atoms with van der Waals surface area (Å²) in [4.78, 5) is 41.3. The molecule has 300 valence electrons. The van der Waals surface area contributed by atoms with E-state index in [-0.39, 0.29) is 24.0 Å². The zero-order valence-electron chi connectivity index (χ0n) is 35.5. The van der Waals surface area contributed by atoms with Crippen LogP contribution in [0.1, 0.15) is 121 Å². The molecule has 3 atom stereocenters. The Morgan fingerprint density at radius 2 is 1.54 bits per heavy atom. The first kappa shape index (κ1) is 41.5. The number of carbonyl (C=O) groups is 2. The van der Waals surface area contributed by atoms with E-state index in [2.05, 4.69) is 45.2 Å². The molecule has 0 radical (unpaired) electrons. The molecule has 1 aliphatic carbocycles. The Kier molecular flexibility index (Phi) is 12.2. The van der Waals surface area contributed by atoms with Crippen LogP contribution in [0.2, 0.25) is 0 Å². The second kappa shape index (κ2) is 16.8. The molecule has 0 spiro atoms. The smallest absolute Gasteiger partial charge is 0.338 e. The summed E-state index contributed by atoms with van der Waals surface area (Å²) >= 11 is 0. The van der Waals surface area contributed by atoms with E-state index >= 15 is 0 Å². The molecule has 0 aromatic rings. The monoisotopic (exact) mass is 770 g/mol. The van der Waals surface area contributed by atoms with E-state index in [0.717, 1.165) is 109 Å². The highest BCUT2D eigenvalue weighted by molar-refractivity contribution is 6.21. The number of allylic oxidation sites excluding steroid dienone is 16. The molecule has 9 nitrogen and oxygen atoms in total. The number of nitrogens with zero attached hydrogens (tertiary/aromatic N) is 3. The predicted octanol–water partition coefficient (Wildman–Crippen LogP) is 10.3. The van der Waals surface area contributed by atoms with Crippen molar-refractivity contribution in [3.63, 3.8) is 0 Å². The van der Waals surface area contributed by atoms with Gasteiger partial charge in [0.25, 0.3) is 0 Å². The van der Waals surface area contributed by atoms with Crippen LogP contribution in [-0.4, -0.2) is 45.4 Å². The lowest BCUT2D eigenvalue weighted by Crippen LogP contribution is -2.17. The molecular weight excluding hydrogens is 713 g/mol. The number of rotatable bonds is 11. The molecule has 1 unspecified atom stereocenters. The molecule has 6 rings (SSSR count). The highest BCUT2D eigenvalue weighted by atomic mass is 16.6. The van der Waals surface area contributed by atoms with Crippen molar-refractivity contribution >= 4 is 29.1 Å². The van der Waals surface area contributed by atoms with Crippen LogP contribution in [-0.2, 0) is 14.3 Å². The average molecular weight is 771 g/mol. The minimum Gasteiger partial charge on any atom is -0.511 e. The second-order valence-electron chi connectivity index (χ2n) is 16.6. The summed E-state index contributed by atoms with van der Waals surface area (Å²) in [6.45, 7) is 22.2. The number of fused-ring (bicyclic) bond motifs is 5. The number of ether oxygens (including phenoxy) is 1. The maximum absolute atomic E-state index is 13.2. The number of aliphatic imine (C=N–C) groups is 3. The first-order valence-electron chi connectivity index (χ1n) is 20.3. The van der Waals surface area contributed by atoms with Crippen LogP contribution in [0.5, 0.6) is 0 Å². The van der Waals surface area contributed by atoms with Crippen molar-refractivity contribution in [2.45, 2.75) is 127 Å². The largest absolute Gasteiger partial charge is 0.511 e. The van der Waals surface area contributed by atoms with Crippen LogP contribution in [0.3, 0.4) is 0 Å². The normalized spacial score (nSPS) is 22.6. The maximum Gasteiger partial charge on any atom is 0.338 e. The molecule has 1 saturated heterocycles. The molecule has 5 aliphatic heterocycles. The first-order valence-corrected chi connectivity index (χ1v) is 20.3. The predicted molar refractivity (Wildman–Crippen MR) is 229 cm³/mol. The number of esters is 2. The van der Waals surface area contributed by atoms with Crippen LogP contribution >= 0.6 is 0 Å². The Balaban J connectivity index is 1.29. The van der Waals surface area contributed by atoms with E-state index < -0.39 is 18.0 Å². The van der Waals surface area contributed by atoms with Gasteiger partial charge in [0.1, 0.15) is 5.76 Å². The molecule has 8 bridgehead atoms. The van der Waals surface area contributed by atoms with Crippen molar-refractivity contribution < 1.29 is 24.5 Å². The third-order valence-electron chi connectivity index (χ3n) is 12.1. The average Bonchev–Trinajstić information content (AvgIpc) is 3.89. The summed E-state index contributed by atoms with van der Waals surface area (Å²) in [7, 11) is 0. The highest BCUT2D eigenvalue weighted by Gasteiger charge is 2.42. The number of aliphatic hydroxyl groups excluding tert-OH is 2. The van der Waals surface area contributed by atoms with Crippen LogP contribution < -0.4 is 5.32 Å². The molecule has 9 heteroatoms. The first-order chi connectivity index (χ1) is 27.0. The quantitative estimate of drug-likeness (QED) is 0.0829. The van der Waals surface area contributed by atoms with Crippen molar-refractivity contribution in [1.29, 1.82) is 0 Å². The van der Waals surface area contributed by atoms with Crippen molar-refractivity contribution in [3.8, 4) is 0 Å². The van der Waals surface area contributed by atoms with Gasteiger partial charge in [-0.3, -0.25) is 4.79 Å². The standard InChI is InChI=1S/C48H58N4O5/c1-24(2)14-12-15-25(3)16-13-17-26(4)20-42(56)57-41(55)19-18-34-29(7)45-32(10)46-31(9)43(33(11)53)39(51-46)23-37-28(6)27(5)36(49-37)22-38-30(8)44-40(54)21-35(47(34)52-45)48(44)50-38/h14,16,20,22-23,29,33-34,52-54H,12-13,15,17-19,21H2,1-11H3/b25-16+,26-20+,36-22?,39-23?,45-32?,47-35?/t29-,33?,34-/m0/s1. The second-order valence-corrected chi connectivity index (χ2v) is 16.6. The Hall–Kier alpha value is -5.15. The van der Waals surface area contributed by atoms with Gasteiger partial charge in [0.2, 0.25) is 0 Å². The van der Waals surface area contributed by atoms with Gasteiger partial charge in [0.05, 0.1) is 40.3 Å². The Morgan fingerprint density at radius 3 is 2.25 bits per heavy atom. The Bertz CT molecular complexity index is 2280. The molecule has 1 fully saturated rings. The van der Waals surface area contributed by atoms with E-state index in [0.29, 0.717) is 25.0 Å². The number of nitrogens with one attached hydrogen (secondary N) is 1.